The van der Waals surface area contributed by atoms with Crippen LogP contribution in [0.15, 0.2) is 12.3 Å². The summed E-state index contributed by atoms with van der Waals surface area (Å²) in [5.74, 6) is 0. The van der Waals surface area contributed by atoms with Crippen LogP contribution >= 0.6 is 0 Å². The van der Waals surface area contributed by atoms with Crippen molar-refractivity contribution in [2.24, 2.45) is 0 Å². The fourth-order valence-corrected chi connectivity index (χ4v) is 1.84. The molecule has 1 aromatic heterocycles. The summed E-state index contributed by atoms with van der Waals surface area (Å²) in [5, 5.41) is 2.94. The van der Waals surface area contributed by atoms with E-state index >= 15 is 0 Å². The highest BCUT2D eigenvalue weighted by molar-refractivity contribution is 5.65. The van der Waals surface area contributed by atoms with Gasteiger partial charge in [0.05, 0.1) is 17.6 Å². The number of pyridine rings is 1. The van der Waals surface area contributed by atoms with Crippen molar-refractivity contribution in [1.82, 2.24) is 9.88 Å². The second kappa shape index (κ2) is 7.33. The monoisotopic (exact) mass is 290 g/mol. The van der Waals surface area contributed by atoms with Crippen molar-refractivity contribution in [1.29, 1.82) is 0 Å². The number of hydrogen-bond acceptors (Lipinski definition) is 4. The minimum Gasteiger partial charge on any atom is -0.396 e. The van der Waals surface area contributed by atoms with Crippen molar-refractivity contribution >= 4 is 11.4 Å². The maximum atomic E-state index is 12.5. The molecular formula is C13H21F3N4. The normalized spacial score (nSPS) is 11.9. The highest BCUT2D eigenvalue weighted by Gasteiger charge is 2.32. The smallest absolute Gasteiger partial charge is 0.396 e. The van der Waals surface area contributed by atoms with Gasteiger partial charge in [0.25, 0.3) is 0 Å². The van der Waals surface area contributed by atoms with Crippen LogP contribution in [0.3, 0.4) is 0 Å². The molecule has 0 bridgehead atoms. The Kier molecular flexibility index (Phi) is 6.06. The predicted octanol–water partition coefficient (Wildman–Crippen LogP) is 2.83. The molecule has 4 nitrogen and oxygen atoms in total. The summed E-state index contributed by atoms with van der Waals surface area (Å²) in [6.07, 6.45) is -2.58. The topological polar surface area (TPSA) is 54.2 Å². The van der Waals surface area contributed by atoms with E-state index in [1.165, 1.54) is 0 Å². The zero-order valence-corrected chi connectivity index (χ0v) is 11.8. The molecule has 20 heavy (non-hydrogen) atoms. The predicted molar refractivity (Wildman–Crippen MR) is 74.5 cm³/mol. The maximum Gasteiger partial charge on any atom is 0.433 e. The molecule has 0 aliphatic heterocycles. The third-order valence-electron chi connectivity index (χ3n) is 3.09. The molecular weight excluding hydrogens is 269 g/mol. The van der Waals surface area contributed by atoms with Crippen LogP contribution in [0.4, 0.5) is 24.5 Å². The van der Waals surface area contributed by atoms with Crippen molar-refractivity contribution in [2.45, 2.75) is 26.4 Å². The summed E-state index contributed by atoms with van der Waals surface area (Å²) in [4.78, 5) is 5.54. The first-order chi connectivity index (χ1) is 9.38. The Morgan fingerprint density at radius 1 is 1.30 bits per heavy atom. The van der Waals surface area contributed by atoms with Crippen LogP contribution in [-0.2, 0) is 6.18 Å². The van der Waals surface area contributed by atoms with Crippen LogP contribution in [0.1, 0.15) is 26.0 Å². The molecule has 114 valence electrons. The third kappa shape index (κ3) is 4.88. The van der Waals surface area contributed by atoms with E-state index < -0.39 is 11.9 Å². The van der Waals surface area contributed by atoms with E-state index in [-0.39, 0.29) is 11.4 Å². The van der Waals surface area contributed by atoms with Gasteiger partial charge in [-0.15, -0.1) is 0 Å². The van der Waals surface area contributed by atoms with Crippen LogP contribution < -0.4 is 11.1 Å². The van der Waals surface area contributed by atoms with Crippen molar-refractivity contribution < 1.29 is 13.2 Å². The third-order valence-corrected chi connectivity index (χ3v) is 3.09. The molecule has 0 unspecified atom stereocenters. The van der Waals surface area contributed by atoms with Gasteiger partial charge in [0.15, 0.2) is 0 Å². The average Bonchev–Trinajstić information content (AvgIpc) is 2.39. The Balaban J connectivity index is 2.55. The molecule has 7 heteroatoms. The summed E-state index contributed by atoms with van der Waals surface area (Å²) in [5.41, 5.74) is 5.20. The van der Waals surface area contributed by atoms with Gasteiger partial charge in [-0.25, -0.2) is 4.98 Å². The number of halogens is 3. The van der Waals surface area contributed by atoms with Gasteiger partial charge in [0.2, 0.25) is 0 Å². The minimum atomic E-state index is -4.45. The summed E-state index contributed by atoms with van der Waals surface area (Å²) >= 11 is 0. The first-order valence-electron chi connectivity index (χ1n) is 6.67. The second-order valence-corrected chi connectivity index (χ2v) is 4.46. The number of nitrogens with zero attached hydrogens (tertiary/aromatic N) is 2. The van der Waals surface area contributed by atoms with E-state index in [1.54, 1.807) is 0 Å². The summed E-state index contributed by atoms with van der Waals surface area (Å²) in [6, 6.07) is 0.951. The fraction of sp³-hybridized carbons (Fsp3) is 0.615. The van der Waals surface area contributed by atoms with Gasteiger partial charge in [-0.2, -0.15) is 13.2 Å². The molecule has 0 fully saturated rings. The number of alkyl halides is 3. The van der Waals surface area contributed by atoms with Gasteiger partial charge in [0.1, 0.15) is 5.69 Å². The number of nitrogen functional groups attached to an aromatic ring is 1. The SMILES string of the molecule is CCN(CC)CCCNc1cc(C(F)(F)F)ncc1N. The van der Waals surface area contributed by atoms with E-state index in [0.717, 1.165) is 38.3 Å². The minimum absolute atomic E-state index is 0.223. The fourth-order valence-electron chi connectivity index (χ4n) is 1.84. The molecule has 0 aliphatic rings. The van der Waals surface area contributed by atoms with Crippen LogP contribution in [0.2, 0.25) is 0 Å². The first-order valence-corrected chi connectivity index (χ1v) is 6.67. The molecule has 0 amide bonds. The molecule has 0 aromatic carbocycles. The van der Waals surface area contributed by atoms with E-state index in [9.17, 15) is 13.2 Å². The zero-order valence-electron chi connectivity index (χ0n) is 11.8. The summed E-state index contributed by atoms with van der Waals surface area (Å²) in [7, 11) is 0. The summed E-state index contributed by atoms with van der Waals surface area (Å²) in [6.45, 7) is 7.55. The van der Waals surface area contributed by atoms with Gasteiger partial charge in [-0.1, -0.05) is 13.8 Å². The van der Waals surface area contributed by atoms with Crippen LogP contribution in [-0.4, -0.2) is 36.1 Å². The highest BCUT2D eigenvalue weighted by atomic mass is 19.4. The Hall–Kier alpha value is -1.50. The molecule has 1 aromatic rings. The highest BCUT2D eigenvalue weighted by Crippen LogP contribution is 2.30. The maximum absolute atomic E-state index is 12.5. The lowest BCUT2D eigenvalue weighted by Crippen LogP contribution is -2.25. The molecule has 0 saturated heterocycles. The van der Waals surface area contributed by atoms with Gasteiger partial charge >= 0.3 is 6.18 Å². The van der Waals surface area contributed by atoms with Gasteiger partial charge < -0.3 is 16.0 Å². The van der Waals surface area contributed by atoms with Crippen LogP contribution in [0, 0.1) is 0 Å². The lowest BCUT2D eigenvalue weighted by Gasteiger charge is -2.18. The van der Waals surface area contributed by atoms with E-state index in [1.807, 2.05) is 0 Å². The number of aromatic nitrogens is 1. The van der Waals surface area contributed by atoms with E-state index in [0.29, 0.717) is 6.54 Å². The van der Waals surface area contributed by atoms with Crippen molar-refractivity contribution in [3.63, 3.8) is 0 Å². The Bertz CT molecular complexity index is 417. The van der Waals surface area contributed by atoms with E-state index in [4.69, 9.17) is 5.73 Å². The van der Waals surface area contributed by atoms with Gasteiger partial charge in [-0.05, 0) is 32.1 Å². The molecule has 0 saturated carbocycles. The first kappa shape index (κ1) is 16.6. The number of hydrogen-bond donors (Lipinski definition) is 2. The summed E-state index contributed by atoms with van der Waals surface area (Å²) < 4.78 is 37.6. The van der Waals surface area contributed by atoms with Gasteiger partial charge in [0, 0.05) is 6.54 Å². The van der Waals surface area contributed by atoms with E-state index in [2.05, 4.69) is 29.0 Å². The van der Waals surface area contributed by atoms with Gasteiger partial charge in [-0.3, -0.25) is 0 Å². The molecule has 0 aliphatic carbocycles. The molecule has 0 spiro atoms. The Morgan fingerprint density at radius 2 is 1.95 bits per heavy atom. The van der Waals surface area contributed by atoms with Crippen molar-refractivity contribution in [2.75, 3.05) is 37.2 Å². The Morgan fingerprint density at radius 3 is 2.50 bits per heavy atom. The molecule has 1 rings (SSSR count). The van der Waals surface area contributed by atoms with Crippen LogP contribution in [0.25, 0.3) is 0 Å². The quantitative estimate of drug-likeness (QED) is 0.758. The second-order valence-electron chi connectivity index (χ2n) is 4.46. The molecule has 0 radical (unpaired) electrons. The van der Waals surface area contributed by atoms with Crippen molar-refractivity contribution in [3.05, 3.63) is 18.0 Å². The zero-order chi connectivity index (χ0) is 15.2. The van der Waals surface area contributed by atoms with Crippen LogP contribution in [0.5, 0.6) is 0 Å². The number of anilines is 2. The number of nitrogens with one attached hydrogen (secondary N) is 1. The lowest BCUT2D eigenvalue weighted by molar-refractivity contribution is -0.141. The Labute approximate surface area is 117 Å². The van der Waals surface area contributed by atoms with Crippen molar-refractivity contribution in [3.8, 4) is 0 Å². The average molecular weight is 290 g/mol. The number of rotatable bonds is 7. The largest absolute Gasteiger partial charge is 0.433 e. The lowest BCUT2D eigenvalue weighted by atomic mass is 10.2. The molecule has 1 heterocycles. The standard InChI is InChI=1S/C13H21F3N4/c1-3-20(4-2)7-5-6-18-11-8-12(13(14,15)16)19-9-10(11)17/h8-9H,3-7,17H2,1-2H3,(H,18,19). The molecule has 3 N–H and O–H groups in total. The number of nitrogens with two attached hydrogens (primary N) is 1. The molecule has 0 atom stereocenters.